The Morgan fingerprint density at radius 1 is 1.41 bits per heavy atom. The molecule has 0 heterocycles. The van der Waals surface area contributed by atoms with Crippen molar-refractivity contribution in [3.05, 3.63) is 24.0 Å². The van der Waals surface area contributed by atoms with E-state index in [2.05, 4.69) is 12.2 Å². The maximum Gasteiger partial charge on any atom is 0.167 e. The molecule has 0 bridgehead atoms. The van der Waals surface area contributed by atoms with Crippen LogP contribution in [0.1, 0.15) is 33.1 Å². The fourth-order valence-corrected chi connectivity index (χ4v) is 2.13. The molecule has 1 unspecified atom stereocenters. The Morgan fingerprint density at radius 2 is 2.18 bits per heavy atom. The Balaban J connectivity index is 2.03. The van der Waals surface area contributed by atoms with E-state index in [1.165, 1.54) is 18.9 Å². The molecule has 17 heavy (non-hydrogen) atoms. The van der Waals surface area contributed by atoms with Gasteiger partial charge in [-0.05, 0) is 44.2 Å². The second-order valence-corrected chi connectivity index (χ2v) is 4.57. The molecule has 2 nitrogen and oxygen atoms in total. The Kier molecular flexibility index (Phi) is 3.87. The van der Waals surface area contributed by atoms with E-state index in [0.717, 1.165) is 18.0 Å². The highest BCUT2D eigenvalue weighted by Gasteiger charge is 2.29. The first-order valence-electron chi connectivity index (χ1n) is 6.43. The first-order valence-corrected chi connectivity index (χ1v) is 6.43. The summed E-state index contributed by atoms with van der Waals surface area (Å²) in [6, 6.07) is 5.59. The number of rotatable bonds is 6. The van der Waals surface area contributed by atoms with Crippen molar-refractivity contribution < 1.29 is 9.13 Å². The molecule has 1 atom stereocenters. The molecule has 0 aliphatic heterocycles. The second-order valence-electron chi connectivity index (χ2n) is 4.57. The van der Waals surface area contributed by atoms with Gasteiger partial charge in [0.2, 0.25) is 0 Å². The first kappa shape index (κ1) is 12.2. The molecule has 0 amide bonds. The normalized spacial score (nSPS) is 16.6. The van der Waals surface area contributed by atoms with Crippen molar-refractivity contribution in [2.45, 2.75) is 39.2 Å². The monoisotopic (exact) mass is 237 g/mol. The van der Waals surface area contributed by atoms with Gasteiger partial charge in [-0.2, -0.15) is 0 Å². The van der Waals surface area contributed by atoms with Gasteiger partial charge in [-0.1, -0.05) is 6.92 Å². The van der Waals surface area contributed by atoms with Crippen molar-refractivity contribution in [3.63, 3.8) is 0 Å². The van der Waals surface area contributed by atoms with Gasteiger partial charge in [-0.3, -0.25) is 0 Å². The van der Waals surface area contributed by atoms with Gasteiger partial charge in [0.25, 0.3) is 0 Å². The number of hydrogen-bond donors (Lipinski definition) is 1. The summed E-state index contributed by atoms with van der Waals surface area (Å²) in [6.07, 6.45) is 3.68. The largest absolute Gasteiger partial charge is 0.491 e. The van der Waals surface area contributed by atoms with Gasteiger partial charge in [0, 0.05) is 17.8 Å². The van der Waals surface area contributed by atoms with E-state index in [1.807, 2.05) is 13.0 Å². The molecule has 0 aromatic heterocycles. The van der Waals surface area contributed by atoms with Crippen LogP contribution >= 0.6 is 0 Å². The molecular formula is C14H20FNO. The van der Waals surface area contributed by atoms with Crippen LogP contribution in [0.5, 0.6) is 5.75 Å². The summed E-state index contributed by atoms with van der Waals surface area (Å²) in [5, 5.41) is 3.41. The Labute approximate surface area is 102 Å². The second kappa shape index (κ2) is 5.39. The topological polar surface area (TPSA) is 21.3 Å². The third-order valence-electron chi connectivity index (χ3n) is 3.21. The summed E-state index contributed by atoms with van der Waals surface area (Å²) in [5.74, 6) is 0.814. The fraction of sp³-hybridized carbons (Fsp3) is 0.571. The third kappa shape index (κ3) is 3.11. The van der Waals surface area contributed by atoms with Crippen LogP contribution in [0.3, 0.4) is 0 Å². The van der Waals surface area contributed by atoms with Gasteiger partial charge in [-0.25, -0.2) is 4.39 Å². The molecule has 0 saturated heterocycles. The van der Waals surface area contributed by atoms with Gasteiger partial charge in [-0.15, -0.1) is 0 Å². The van der Waals surface area contributed by atoms with Crippen molar-refractivity contribution >= 4 is 5.69 Å². The van der Waals surface area contributed by atoms with Crippen molar-refractivity contribution in [1.82, 2.24) is 0 Å². The highest BCUT2D eigenvalue weighted by Crippen LogP contribution is 2.36. The number of nitrogens with one attached hydrogen (secondary N) is 1. The lowest BCUT2D eigenvalue weighted by Gasteiger charge is -2.18. The van der Waals surface area contributed by atoms with Crippen molar-refractivity contribution in [1.29, 1.82) is 0 Å². The zero-order chi connectivity index (χ0) is 12.3. The number of hydrogen-bond acceptors (Lipinski definition) is 2. The van der Waals surface area contributed by atoms with E-state index in [9.17, 15) is 4.39 Å². The molecular weight excluding hydrogens is 217 g/mol. The maximum absolute atomic E-state index is 13.6. The molecule has 0 spiro atoms. The van der Waals surface area contributed by atoms with E-state index in [4.69, 9.17) is 4.74 Å². The zero-order valence-corrected chi connectivity index (χ0v) is 10.5. The molecule has 0 radical (unpaired) electrons. The lowest BCUT2D eigenvalue weighted by Crippen LogP contribution is -2.20. The molecule has 2 rings (SSSR count). The lowest BCUT2D eigenvalue weighted by atomic mass is 10.1. The summed E-state index contributed by atoms with van der Waals surface area (Å²) in [7, 11) is 0. The molecule has 1 N–H and O–H groups in total. The lowest BCUT2D eigenvalue weighted by molar-refractivity contribution is 0.321. The maximum atomic E-state index is 13.6. The predicted octanol–water partition coefficient (Wildman–Crippen LogP) is 3.82. The highest BCUT2D eigenvalue weighted by atomic mass is 19.1. The Hall–Kier alpha value is -1.25. The Bertz CT molecular complexity index is 376. The smallest absolute Gasteiger partial charge is 0.167 e. The van der Waals surface area contributed by atoms with Crippen LogP contribution in [0.2, 0.25) is 0 Å². The molecule has 3 heteroatoms. The average molecular weight is 237 g/mol. The van der Waals surface area contributed by atoms with Crippen LogP contribution < -0.4 is 10.1 Å². The van der Waals surface area contributed by atoms with E-state index < -0.39 is 0 Å². The van der Waals surface area contributed by atoms with Crippen LogP contribution in [-0.4, -0.2) is 12.6 Å². The van der Waals surface area contributed by atoms with Gasteiger partial charge in [0.05, 0.1) is 6.61 Å². The summed E-state index contributed by atoms with van der Waals surface area (Å²) in [6.45, 7) is 4.51. The van der Waals surface area contributed by atoms with E-state index in [0.29, 0.717) is 18.4 Å². The van der Waals surface area contributed by atoms with Gasteiger partial charge in [0.15, 0.2) is 11.6 Å². The molecule has 1 fully saturated rings. The van der Waals surface area contributed by atoms with Crippen LogP contribution in [0.25, 0.3) is 0 Å². The molecule has 1 saturated carbocycles. The van der Waals surface area contributed by atoms with E-state index >= 15 is 0 Å². The first-order chi connectivity index (χ1) is 8.24. The summed E-state index contributed by atoms with van der Waals surface area (Å²) in [5.41, 5.74) is 0.852. The summed E-state index contributed by atoms with van der Waals surface area (Å²) >= 11 is 0. The van der Waals surface area contributed by atoms with Crippen molar-refractivity contribution in [2.75, 3.05) is 11.9 Å². The quantitative estimate of drug-likeness (QED) is 0.812. The van der Waals surface area contributed by atoms with Crippen LogP contribution in [-0.2, 0) is 0 Å². The van der Waals surface area contributed by atoms with Crippen LogP contribution in [0, 0.1) is 11.7 Å². The van der Waals surface area contributed by atoms with Gasteiger partial charge >= 0.3 is 0 Å². The van der Waals surface area contributed by atoms with Gasteiger partial charge < -0.3 is 10.1 Å². The van der Waals surface area contributed by atoms with Crippen molar-refractivity contribution in [3.8, 4) is 5.75 Å². The number of halogens is 1. The summed E-state index contributed by atoms with van der Waals surface area (Å²) < 4.78 is 18.8. The summed E-state index contributed by atoms with van der Waals surface area (Å²) in [4.78, 5) is 0. The minimum Gasteiger partial charge on any atom is -0.491 e. The number of anilines is 1. The minimum atomic E-state index is -0.289. The molecule has 1 aromatic carbocycles. The van der Waals surface area contributed by atoms with E-state index in [-0.39, 0.29) is 5.82 Å². The minimum absolute atomic E-state index is 0.289. The number of ether oxygens (including phenoxy) is 1. The van der Waals surface area contributed by atoms with E-state index in [1.54, 1.807) is 6.07 Å². The fourth-order valence-electron chi connectivity index (χ4n) is 2.13. The Morgan fingerprint density at radius 3 is 2.71 bits per heavy atom. The molecule has 1 aliphatic rings. The molecule has 94 valence electrons. The van der Waals surface area contributed by atoms with Crippen molar-refractivity contribution in [2.24, 2.45) is 5.92 Å². The third-order valence-corrected chi connectivity index (χ3v) is 3.21. The zero-order valence-electron chi connectivity index (χ0n) is 10.5. The SMILES string of the molecule is CCOc1ccc(NC(CC)C2CC2)cc1F. The highest BCUT2D eigenvalue weighted by molar-refractivity contribution is 5.48. The average Bonchev–Trinajstić information content (AvgIpc) is 3.13. The number of benzene rings is 1. The molecule has 1 aromatic rings. The van der Waals surface area contributed by atoms with Crippen LogP contribution in [0.15, 0.2) is 18.2 Å². The van der Waals surface area contributed by atoms with Gasteiger partial charge in [0.1, 0.15) is 0 Å². The molecule has 1 aliphatic carbocycles. The predicted molar refractivity (Wildman–Crippen MR) is 68.0 cm³/mol. The van der Waals surface area contributed by atoms with Crippen LogP contribution in [0.4, 0.5) is 10.1 Å². The standard InChI is InChI=1S/C14H20FNO/c1-3-13(10-5-6-10)16-11-7-8-14(17-4-2)12(15)9-11/h7-10,13,16H,3-6H2,1-2H3.